The fourth-order valence-corrected chi connectivity index (χ4v) is 2.65. The zero-order valence-electron chi connectivity index (χ0n) is 11.9. The molecule has 0 saturated carbocycles. The molecule has 0 aromatic heterocycles. The molecule has 1 rings (SSSR count). The fraction of sp³-hybridized carbons (Fsp3) is 0.571. The van der Waals surface area contributed by atoms with Crippen LogP contribution in [0.1, 0.15) is 11.6 Å². The molecule has 0 fully saturated rings. The maximum absolute atomic E-state index is 6.07. The highest BCUT2D eigenvalue weighted by Gasteiger charge is 2.19. The maximum atomic E-state index is 6.07. The third kappa shape index (κ3) is 5.56. The van der Waals surface area contributed by atoms with Crippen molar-refractivity contribution in [2.45, 2.75) is 6.04 Å². The summed E-state index contributed by atoms with van der Waals surface area (Å²) in [5, 5.41) is 1.23. The zero-order chi connectivity index (χ0) is 15.0. The van der Waals surface area contributed by atoms with Crippen LogP contribution in [0.2, 0.25) is 10.0 Å². The van der Waals surface area contributed by atoms with Gasteiger partial charge in [0.15, 0.2) is 0 Å². The lowest BCUT2D eigenvalue weighted by atomic mass is 10.1. The number of ether oxygens (including phenoxy) is 2. The molecular weight excluding hydrogens is 299 g/mol. The Morgan fingerprint density at radius 3 is 1.95 bits per heavy atom. The quantitative estimate of drug-likeness (QED) is 0.759. The van der Waals surface area contributed by atoms with E-state index in [-0.39, 0.29) is 6.04 Å². The summed E-state index contributed by atoms with van der Waals surface area (Å²) < 4.78 is 10.3. The minimum atomic E-state index is 0.0384. The summed E-state index contributed by atoms with van der Waals surface area (Å²) in [6.07, 6.45) is 0. The molecule has 0 bridgehead atoms. The molecule has 0 aliphatic carbocycles. The van der Waals surface area contributed by atoms with Crippen molar-refractivity contribution in [2.24, 2.45) is 5.73 Å². The second kappa shape index (κ2) is 9.55. The zero-order valence-corrected chi connectivity index (χ0v) is 13.5. The van der Waals surface area contributed by atoms with Crippen LogP contribution in [0.25, 0.3) is 0 Å². The van der Waals surface area contributed by atoms with E-state index in [4.69, 9.17) is 38.4 Å². The van der Waals surface area contributed by atoms with Gasteiger partial charge in [-0.15, -0.1) is 0 Å². The van der Waals surface area contributed by atoms with Crippen molar-refractivity contribution in [3.8, 4) is 0 Å². The largest absolute Gasteiger partial charge is 0.383 e. The molecule has 0 radical (unpaired) electrons. The van der Waals surface area contributed by atoms with Gasteiger partial charge in [0.2, 0.25) is 0 Å². The Morgan fingerprint density at radius 2 is 1.55 bits per heavy atom. The van der Waals surface area contributed by atoms with E-state index in [0.717, 1.165) is 18.7 Å². The Morgan fingerprint density at radius 1 is 1.05 bits per heavy atom. The number of methoxy groups -OCH3 is 2. The maximum Gasteiger partial charge on any atom is 0.0589 e. The number of benzene rings is 1. The van der Waals surface area contributed by atoms with Crippen LogP contribution in [0.3, 0.4) is 0 Å². The number of hydrogen-bond donors (Lipinski definition) is 1. The molecule has 2 N–H and O–H groups in total. The fourth-order valence-electron chi connectivity index (χ4n) is 2.10. The second-order valence-corrected chi connectivity index (χ2v) is 5.35. The van der Waals surface area contributed by atoms with Gasteiger partial charge in [0.1, 0.15) is 0 Å². The van der Waals surface area contributed by atoms with E-state index in [1.165, 1.54) is 0 Å². The lowest BCUT2D eigenvalue weighted by molar-refractivity contribution is 0.0891. The molecule has 114 valence electrons. The van der Waals surface area contributed by atoms with Crippen molar-refractivity contribution in [1.82, 2.24) is 4.90 Å². The molecule has 6 heteroatoms. The molecule has 0 spiro atoms. The Bertz CT molecular complexity index is 377. The van der Waals surface area contributed by atoms with Crippen molar-refractivity contribution in [3.63, 3.8) is 0 Å². The highest BCUT2D eigenvalue weighted by molar-refractivity contribution is 6.34. The molecule has 1 atom stereocenters. The normalized spacial score (nSPS) is 12.9. The van der Waals surface area contributed by atoms with Gasteiger partial charge in [-0.1, -0.05) is 23.2 Å². The van der Waals surface area contributed by atoms with E-state index in [0.29, 0.717) is 29.8 Å². The Labute approximate surface area is 130 Å². The van der Waals surface area contributed by atoms with E-state index in [9.17, 15) is 0 Å². The number of halogens is 2. The van der Waals surface area contributed by atoms with Crippen LogP contribution in [0.5, 0.6) is 0 Å². The SMILES string of the molecule is COCCN(CCOC)C(CN)c1cc(Cl)cc(Cl)c1. The summed E-state index contributed by atoms with van der Waals surface area (Å²) in [6.45, 7) is 3.28. The predicted molar refractivity (Wildman–Crippen MR) is 83.6 cm³/mol. The van der Waals surface area contributed by atoms with Gasteiger partial charge in [-0.25, -0.2) is 0 Å². The number of nitrogens with two attached hydrogens (primary N) is 1. The first-order chi connectivity index (χ1) is 9.62. The first-order valence-electron chi connectivity index (χ1n) is 6.50. The lowest BCUT2D eigenvalue weighted by Gasteiger charge is -2.31. The van der Waals surface area contributed by atoms with Crippen LogP contribution >= 0.6 is 23.2 Å². The van der Waals surface area contributed by atoms with Gasteiger partial charge in [-0.05, 0) is 23.8 Å². The van der Waals surface area contributed by atoms with Gasteiger partial charge in [0.05, 0.1) is 13.2 Å². The summed E-state index contributed by atoms with van der Waals surface area (Å²) >= 11 is 12.1. The summed E-state index contributed by atoms with van der Waals surface area (Å²) in [5.41, 5.74) is 6.95. The lowest BCUT2D eigenvalue weighted by Crippen LogP contribution is -2.38. The van der Waals surface area contributed by atoms with Crippen LogP contribution in [0.15, 0.2) is 18.2 Å². The summed E-state index contributed by atoms with van der Waals surface area (Å²) in [7, 11) is 3.37. The summed E-state index contributed by atoms with van der Waals surface area (Å²) in [6, 6.07) is 5.56. The van der Waals surface area contributed by atoms with E-state index in [1.807, 2.05) is 12.1 Å². The highest BCUT2D eigenvalue weighted by Crippen LogP contribution is 2.26. The van der Waals surface area contributed by atoms with Crippen molar-refractivity contribution < 1.29 is 9.47 Å². The standard InChI is InChI=1S/C14H22Cl2N2O2/c1-19-5-3-18(4-6-20-2)14(10-17)11-7-12(15)9-13(16)8-11/h7-9,14H,3-6,10,17H2,1-2H3. The molecule has 1 unspecified atom stereocenters. The van der Waals surface area contributed by atoms with E-state index in [1.54, 1.807) is 20.3 Å². The van der Waals surface area contributed by atoms with Gasteiger partial charge in [-0.2, -0.15) is 0 Å². The predicted octanol–water partition coefficient (Wildman–Crippen LogP) is 2.59. The third-order valence-electron chi connectivity index (χ3n) is 3.10. The Hall–Kier alpha value is -0.360. The van der Waals surface area contributed by atoms with Crippen LogP contribution in [0, 0.1) is 0 Å². The molecule has 0 amide bonds. The molecule has 0 heterocycles. The molecule has 0 aliphatic heterocycles. The summed E-state index contributed by atoms with van der Waals surface area (Å²) in [5.74, 6) is 0. The molecular formula is C14H22Cl2N2O2. The monoisotopic (exact) mass is 320 g/mol. The Kier molecular flexibility index (Phi) is 8.45. The molecule has 0 aliphatic rings. The number of hydrogen-bond acceptors (Lipinski definition) is 4. The van der Waals surface area contributed by atoms with Crippen molar-refractivity contribution >= 4 is 23.2 Å². The smallest absolute Gasteiger partial charge is 0.0589 e. The van der Waals surface area contributed by atoms with Gasteiger partial charge in [0, 0.05) is 49.9 Å². The van der Waals surface area contributed by atoms with Gasteiger partial charge in [-0.3, -0.25) is 4.90 Å². The Balaban J connectivity index is 2.91. The first kappa shape index (κ1) is 17.7. The van der Waals surface area contributed by atoms with E-state index < -0.39 is 0 Å². The molecule has 4 nitrogen and oxygen atoms in total. The van der Waals surface area contributed by atoms with Crippen LogP contribution in [-0.2, 0) is 9.47 Å². The number of nitrogens with zero attached hydrogens (tertiary/aromatic N) is 1. The molecule has 0 saturated heterocycles. The van der Waals surface area contributed by atoms with Crippen LogP contribution in [0.4, 0.5) is 0 Å². The van der Waals surface area contributed by atoms with Gasteiger partial charge >= 0.3 is 0 Å². The molecule has 1 aromatic carbocycles. The van der Waals surface area contributed by atoms with Gasteiger partial charge < -0.3 is 15.2 Å². The topological polar surface area (TPSA) is 47.7 Å². The minimum Gasteiger partial charge on any atom is -0.383 e. The third-order valence-corrected chi connectivity index (χ3v) is 3.54. The van der Waals surface area contributed by atoms with E-state index in [2.05, 4.69) is 4.90 Å². The minimum absolute atomic E-state index is 0.0384. The van der Waals surface area contributed by atoms with Crippen LogP contribution < -0.4 is 5.73 Å². The molecule has 20 heavy (non-hydrogen) atoms. The molecule has 1 aromatic rings. The highest BCUT2D eigenvalue weighted by atomic mass is 35.5. The summed E-state index contributed by atoms with van der Waals surface area (Å²) in [4.78, 5) is 2.22. The van der Waals surface area contributed by atoms with E-state index >= 15 is 0 Å². The average Bonchev–Trinajstić information content (AvgIpc) is 2.40. The van der Waals surface area contributed by atoms with Crippen LogP contribution in [-0.4, -0.2) is 52.0 Å². The van der Waals surface area contributed by atoms with Gasteiger partial charge in [0.25, 0.3) is 0 Å². The van der Waals surface area contributed by atoms with Crippen molar-refractivity contribution in [1.29, 1.82) is 0 Å². The number of rotatable bonds is 9. The second-order valence-electron chi connectivity index (χ2n) is 4.48. The average molecular weight is 321 g/mol. The first-order valence-corrected chi connectivity index (χ1v) is 7.26. The van der Waals surface area contributed by atoms with Crippen molar-refractivity contribution in [2.75, 3.05) is 47.1 Å². The van der Waals surface area contributed by atoms with Crippen molar-refractivity contribution in [3.05, 3.63) is 33.8 Å².